The van der Waals surface area contributed by atoms with E-state index in [0.29, 0.717) is 0 Å². The van der Waals surface area contributed by atoms with Gasteiger partial charge in [0.15, 0.2) is 0 Å². The lowest BCUT2D eigenvalue weighted by molar-refractivity contribution is 0.215. The summed E-state index contributed by atoms with van der Waals surface area (Å²) in [7, 11) is 0. The summed E-state index contributed by atoms with van der Waals surface area (Å²) in [6, 6.07) is 0. The molecule has 0 atom stereocenters. The van der Waals surface area contributed by atoms with Crippen LogP contribution in [0.25, 0.3) is 0 Å². The average Bonchev–Trinajstić information content (AvgIpc) is 2.33. The van der Waals surface area contributed by atoms with Crippen LogP contribution in [0.2, 0.25) is 0 Å². The maximum Gasteiger partial charge on any atom is 0.0721 e. The van der Waals surface area contributed by atoms with Crippen molar-refractivity contribution in [3.8, 4) is 0 Å². The van der Waals surface area contributed by atoms with Gasteiger partial charge in [-0.05, 0) is 25.0 Å². The van der Waals surface area contributed by atoms with Gasteiger partial charge in [-0.3, -0.25) is 0 Å². The summed E-state index contributed by atoms with van der Waals surface area (Å²) < 4.78 is 5.21. The Balaban J connectivity index is 2.75. The fourth-order valence-corrected chi connectivity index (χ4v) is 0.994. The Hall–Kier alpha value is -0.560. The maximum atomic E-state index is 5.21. The summed E-state index contributed by atoms with van der Waals surface area (Å²) in [5.41, 5.74) is 2.69. The van der Waals surface area contributed by atoms with Gasteiger partial charge in [-0.2, -0.15) is 0 Å². The fourth-order valence-electron chi connectivity index (χ4n) is 0.994. The van der Waals surface area contributed by atoms with E-state index >= 15 is 0 Å². The Morgan fingerprint density at radius 1 is 1.11 bits per heavy atom. The molecule has 0 unspecified atom stereocenters. The molecular weight excluding hydrogens is 112 g/mol. The molecule has 0 amide bonds. The van der Waals surface area contributed by atoms with Gasteiger partial charge in [0.05, 0.1) is 13.2 Å². The van der Waals surface area contributed by atoms with E-state index in [1.807, 2.05) is 13.8 Å². The van der Waals surface area contributed by atoms with Crippen molar-refractivity contribution in [2.24, 2.45) is 0 Å². The van der Waals surface area contributed by atoms with Gasteiger partial charge in [-0.15, -0.1) is 0 Å². The molecule has 0 aliphatic carbocycles. The highest BCUT2D eigenvalue weighted by atomic mass is 16.5. The number of allylic oxidation sites excluding steroid dienone is 2. The van der Waals surface area contributed by atoms with Crippen LogP contribution in [0.3, 0.4) is 0 Å². The normalized spacial score (nSPS) is 28.2. The lowest BCUT2D eigenvalue weighted by Crippen LogP contribution is -1.81. The van der Waals surface area contributed by atoms with Crippen LogP contribution >= 0.6 is 0 Å². The van der Waals surface area contributed by atoms with Crippen LogP contribution in [0, 0.1) is 0 Å². The highest BCUT2D eigenvalue weighted by Gasteiger charge is 2.10. The molecule has 1 fully saturated rings. The summed E-state index contributed by atoms with van der Waals surface area (Å²) >= 11 is 0. The van der Waals surface area contributed by atoms with Gasteiger partial charge in [0.25, 0.3) is 0 Å². The first kappa shape index (κ1) is 6.56. The first-order chi connectivity index (χ1) is 4.38. The third-order valence-electron chi connectivity index (χ3n) is 1.62. The second-order valence-corrected chi connectivity index (χ2v) is 2.12. The standard InChI is InChI=1S/C8H12O/c1-3-7-5-9-6-8(7)4-2/h3-4H,5-6H2,1-2H3. The van der Waals surface area contributed by atoms with E-state index in [1.165, 1.54) is 11.1 Å². The van der Waals surface area contributed by atoms with E-state index < -0.39 is 0 Å². The van der Waals surface area contributed by atoms with Gasteiger partial charge >= 0.3 is 0 Å². The molecule has 1 aliphatic rings. The smallest absolute Gasteiger partial charge is 0.0721 e. The van der Waals surface area contributed by atoms with Crippen molar-refractivity contribution in [3.63, 3.8) is 0 Å². The molecule has 50 valence electrons. The predicted octanol–water partition coefficient (Wildman–Crippen LogP) is 1.91. The lowest BCUT2D eigenvalue weighted by Gasteiger charge is -1.91. The Morgan fingerprint density at radius 2 is 1.56 bits per heavy atom. The van der Waals surface area contributed by atoms with Gasteiger partial charge in [0, 0.05) is 0 Å². The number of ether oxygens (including phenoxy) is 1. The minimum Gasteiger partial charge on any atom is -0.372 e. The van der Waals surface area contributed by atoms with Crippen LogP contribution in [-0.4, -0.2) is 13.2 Å². The molecule has 0 spiro atoms. The Morgan fingerprint density at radius 3 is 1.89 bits per heavy atom. The van der Waals surface area contributed by atoms with Gasteiger partial charge < -0.3 is 4.74 Å². The van der Waals surface area contributed by atoms with Crippen LogP contribution < -0.4 is 0 Å². The molecule has 0 bridgehead atoms. The van der Waals surface area contributed by atoms with Crippen molar-refractivity contribution in [1.82, 2.24) is 0 Å². The molecule has 1 nitrogen and oxygen atoms in total. The lowest BCUT2D eigenvalue weighted by atomic mass is 10.1. The molecule has 0 aromatic heterocycles. The molecule has 1 aliphatic heterocycles. The maximum absolute atomic E-state index is 5.21. The number of hydrogen-bond acceptors (Lipinski definition) is 1. The highest BCUT2D eigenvalue weighted by Crippen LogP contribution is 2.17. The molecule has 1 saturated heterocycles. The summed E-state index contributed by atoms with van der Waals surface area (Å²) in [6.07, 6.45) is 4.23. The molecule has 9 heavy (non-hydrogen) atoms. The second-order valence-electron chi connectivity index (χ2n) is 2.12. The summed E-state index contributed by atoms with van der Waals surface area (Å²) in [6.45, 7) is 5.70. The van der Waals surface area contributed by atoms with Crippen LogP contribution in [0.15, 0.2) is 23.3 Å². The molecule has 1 rings (SSSR count). The molecule has 0 N–H and O–H groups in total. The first-order valence-corrected chi connectivity index (χ1v) is 3.27. The minimum atomic E-state index is 0.802. The topological polar surface area (TPSA) is 9.23 Å². The largest absolute Gasteiger partial charge is 0.372 e. The van der Waals surface area contributed by atoms with Crippen molar-refractivity contribution in [3.05, 3.63) is 23.3 Å². The SMILES string of the molecule is CC=C1COCC1=CC. The molecule has 1 heterocycles. The van der Waals surface area contributed by atoms with E-state index in [-0.39, 0.29) is 0 Å². The zero-order chi connectivity index (χ0) is 6.69. The summed E-state index contributed by atoms with van der Waals surface area (Å²) in [5, 5.41) is 0. The van der Waals surface area contributed by atoms with Crippen molar-refractivity contribution in [2.75, 3.05) is 13.2 Å². The van der Waals surface area contributed by atoms with Crippen LogP contribution in [0.4, 0.5) is 0 Å². The van der Waals surface area contributed by atoms with Crippen molar-refractivity contribution >= 4 is 0 Å². The van der Waals surface area contributed by atoms with E-state index in [1.54, 1.807) is 0 Å². The zero-order valence-corrected chi connectivity index (χ0v) is 5.98. The third kappa shape index (κ3) is 1.22. The van der Waals surface area contributed by atoms with Crippen molar-refractivity contribution in [1.29, 1.82) is 0 Å². The van der Waals surface area contributed by atoms with Crippen molar-refractivity contribution in [2.45, 2.75) is 13.8 Å². The number of hydrogen-bond donors (Lipinski definition) is 0. The molecule has 0 radical (unpaired) electrons. The molecule has 0 aromatic carbocycles. The second kappa shape index (κ2) is 2.83. The molecule has 0 aromatic rings. The Labute approximate surface area is 56.0 Å². The fraction of sp³-hybridized carbons (Fsp3) is 0.500. The molecule has 0 saturated carbocycles. The first-order valence-electron chi connectivity index (χ1n) is 3.27. The Kier molecular flexibility index (Phi) is 2.06. The van der Waals surface area contributed by atoms with Gasteiger partial charge in [-0.25, -0.2) is 0 Å². The van der Waals surface area contributed by atoms with E-state index in [4.69, 9.17) is 4.74 Å². The predicted molar refractivity (Wildman–Crippen MR) is 38.3 cm³/mol. The van der Waals surface area contributed by atoms with Crippen molar-refractivity contribution < 1.29 is 4.74 Å². The van der Waals surface area contributed by atoms with E-state index in [9.17, 15) is 0 Å². The van der Waals surface area contributed by atoms with E-state index in [0.717, 1.165) is 13.2 Å². The van der Waals surface area contributed by atoms with Crippen LogP contribution in [-0.2, 0) is 4.74 Å². The Bertz CT molecular complexity index is 136. The molecular formula is C8H12O. The summed E-state index contributed by atoms with van der Waals surface area (Å²) in [5.74, 6) is 0. The highest BCUT2D eigenvalue weighted by molar-refractivity contribution is 5.33. The van der Waals surface area contributed by atoms with Gasteiger partial charge in [-0.1, -0.05) is 12.2 Å². The third-order valence-corrected chi connectivity index (χ3v) is 1.62. The van der Waals surface area contributed by atoms with Crippen LogP contribution in [0.5, 0.6) is 0 Å². The number of rotatable bonds is 0. The minimum absolute atomic E-state index is 0.802. The zero-order valence-electron chi connectivity index (χ0n) is 5.98. The van der Waals surface area contributed by atoms with Gasteiger partial charge in [0.2, 0.25) is 0 Å². The molecule has 1 heteroatoms. The summed E-state index contributed by atoms with van der Waals surface area (Å²) in [4.78, 5) is 0. The van der Waals surface area contributed by atoms with E-state index in [2.05, 4.69) is 12.2 Å². The quantitative estimate of drug-likeness (QED) is 0.479. The van der Waals surface area contributed by atoms with Crippen LogP contribution in [0.1, 0.15) is 13.8 Å². The monoisotopic (exact) mass is 124 g/mol. The average molecular weight is 124 g/mol. The van der Waals surface area contributed by atoms with Gasteiger partial charge in [0.1, 0.15) is 0 Å².